The molecule has 1 saturated heterocycles. The molecule has 0 radical (unpaired) electrons. The maximum Gasteiger partial charge on any atom is 0.194 e. The molecule has 1 aliphatic heterocycles. The van der Waals surface area contributed by atoms with Crippen LogP contribution in [-0.4, -0.2) is 80.5 Å². The summed E-state index contributed by atoms with van der Waals surface area (Å²) in [6, 6.07) is 0.497. The van der Waals surface area contributed by atoms with E-state index in [9.17, 15) is 8.42 Å². The number of halogens is 1. The molecule has 0 saturated carbocycles. The number of hydrogen-bond acceptors (Lipinski definition) is 4. The quantitative estimate of drug-likeness (QED) is 0.382. The van der Waals surface area contributed by atoms with Gasteiger partial charge in [-0.15, -0.1) is 24.0 Å². The zero-order valence-corrected chi connectivity index (χ0v) is 18.4. The van der Waals surface area contributed by atoms with Gasteiger partial charge in [0.1, 0.15) is 0 Å². The molecule has 138 valence electrons. The van der Waals surface area contributed by atoms with Crippen molar-refractivity contribution in [1.82, 2.24) is 15.1 Å². The lowest BCUT2D eigenvalue weighted by Gasteiger charge is -2.39. The van der Waals surface area contributed by atoms with Crippen molar-refractivity contribution in [2.24, 2.45) is 4.99 Å². The van der Waals surface area contributed by atoms with Gasteiger partial charge in [-0.2, -0.15) is 0 Å². The molecular formula is C15H33IN4O2S. The largest absolute Gasteiger partial charge is 0.357 e. The minimum atomic E-state index is -3.02. The van der Waals surface area contributed by atoms with Crippen LogP contribution in [0.15, 0.2) is 4.99 Å². The number of guanidine groups is 1. The molecule has 8 heteroatoms. The smallest absolute Gasteiger partial charge is 0.194 e. The molecule has 1 N–H and O–H groups in total. The molecule has 1 rings (SSSR count). The third-order valence-corrected chi connectivity index (χ3v) is 6.81. The van der Waals surface area contributed by atoms with E-state index in [-0.39, 0.29) is 29.7 Å². The standard InChI is InChI=1S/C15H32N4O2S.HI/c1-7-16-14(17-8-9-18(6)13(2)3)19-10-11-22(20,21)15(4,5)12-19;/h13H,7-12H2,1-6H3,(H,16,17);1H. The molecule has 1 heterocycles. The third-order valence-electron chi connectivity index (χ3n) is 4.27. The highest BCUT2D eigenvalue weighted by atomic mass is 127. The summed E-state index contributed by atoms with van der Waals surface area (Å²) in [4.78, 5) is 8.98. The Labute approximate surface area is 159 Å². The van der Waals surface area contributed by atoms with Crippen LogP contribution in [0, 0.1) is 0 Å². The Kier molecular flexibility index (Phi) is 9.37. The van der Waals surface area contributed by atoms with E-state index < -0.39 is 14.6 Å². The molecule has 0 aromatic heterocycles. The zero-order chi connectivity index (χ0) is 17.0. The molecule has 6 nitrogen and oxygen atoms in total. The second kappa shape index (κ2) is 9.41. The van der Waals surface area contributed by atoms with Crippen molar-refractivity contribution in [3.8, 4) is 0 Å². The molecule has 1 aliphatic rings. The average molecular weight is 460 g/mol. The summed E-state index contributed by atoms with van der Waals surface area (Å²) in [5, 5.41) is 3.28. The Balaban J connectivity index is 0.00000484. The van der Waals surface area contributed by atoms with Crippen LogP contribution < -0.4 is 5.32 Å². The Hall–Kier alpha value is -0.0900. The number of nitrogens with one attached hydrogen (secondary N) is 1. The number of hydrogen-bond donors (Lipinski definition) is 1. The second-order valence-corrected chi connectivity index (χ2v) is 9.55. The Morgan fingerprint density at radius 3 is 2.48 bits per heavy atom. The summed E-state index contributed by atoms with van der Waals surface area (Å²) >= 11 is 0. The summed E-state index contributed by atoms with van der Waals surface area (Å²) < 4.78 is 23.5. The molecule has 0 spiro atoms. The van der Waals surface area contributed by atoms with Gasteiger partial charge >= 0.3 is 0 Å². The Morgan fingerprint density at radius 2 is 2.00 bits per heavy atom. The minimum Gasteiger partial charge on any atom is -0.357 e. The van der Waals surface area contributed by atoms with Crippen LogP contribution in [0.3, 0.4) is 0 Å². The maximum absolute atomic E-state index is 12.1. The van der Waals surface area contributed by atoms with E-state index in [0.717, 1.165) is 19.0 Å². The lowest BCUT2D eigenvalue weighted by atomic mass is 10.2. The molecule has 0 aliphatic carbocycles. The summed E-state index contributed by atoms with van der Waals surface area (Å²) in [5.41, 5.74) is 0. The fourth-order valence-corrected chi connectivity index (χ4v) is 3.69. The summed E-state index contributed by atoms with van der Waals surface area (Å²) in [5.74, 6) is 1.01. The molecule has 0 aromatic carbocycles. The minimum absolute atomic E-state index is 0. The molecule has 0 atom stereocenters. The van der Waals surface area contributed by atoms with Crippen molar-refractivity contribution in [1.29, 1.82) is 0 Å². The molecular weight excluding hydrogens is 427 g/mol. The van der Waals surface area contributed by atoms with Gasteiger partial charge < -0.3 is 15.1 Å². The third kappa shape index (κ3) is 6.38. The maximum atomic E-state index is 12.1. The lowest BCUT2D eigenvalue weighted by Crippen LogP contribution is -2.57. The van der Waals surface area contributed by atoms with E-state index >= 15 is 0 Å². The van der Waals surface area contributed by atoms with Crippen LogP contribution in [0.2, 0.25) is 0 Å². The monoisotopic (exact) mass is 460 g/mol. The predicted octanol–water partition coefficient (Wildman–Crippen LogP) is 1.42. The number of nitrogens with zero attached hydrogens (tertiary/aromatic N) is 3. The van der Waals surface area contributed by atoms with E-state index in [1.807, 2.05) is 6.92 Å². The topological polar surface area (TPSA) is 65.0 Å². The highest BCUT2D eigenvalue weighted by Crippen LogP contribution is 2.23. The van der Waals surface area contributed by atoms with Gasteiger partial charge in [-0.25, -0.2) is 8.42 Å². The highest BCUT2D eigenvalue weighted by molar-refractivity contribution is 14.0. The molecule has 23 heavy (non-hydrogen) atoms. The van der Waals surface area contributed by atoms with Gasteiger partial charge in [0.2, 0.25) is 0 Å². The van der Waals surface area contributed by atoms with Crippen LogP contribution in [0.4, 0.5) is 0 Å². The number of rotatable bonds is 5. The van der Waals surface area contributed by atoms with E-state index in [4.69, 9.17) is 0 Å². The van der Waals surface area contributed by atoms with Gasteiger partial charge in [-0.1, -0.05) is 0 Å². The summed E-state index contributed by atoms with van der Waals surface area (Å²) in [6.45, 7) is 13.3. The highest BCUT2D eigenvalue weighted by Gasteiger charge is 2.40. The second-order valence-electron chi connectivity index (χ2n) is 6.81. The van der Waals surface area contributed by atoms with Crippen molar-refractivity contribution in [3.05, 3.63) is 0 Å². The van der Waals surface area contributed by atoms with Gasteiger partial charge in [-0.3, -0.25) is 4.99 Å². The summed E-state index contributed by atoms with van der Waals surface area (Å²) in [7, 11) is -0.933. The van der Waals surface area contributed by atoms with E-state index in [0.29, 0.717) is 25.7 Å². The van der Waals surface area contributed by atoms with Crippen molar-refractivity contribution < 1.29 is 8.42 Å². The number of likely N-dealkylation sites (N-methyl/N-ethyl adjacent to an activating group) is 1. The predicted molar refractivity (Wildman–Crippen MR) is 109 cm³/mol. The molecule has 0 aromatic rings. The Morgan fingerprint density at radius 1 is 1.39 bits per heavy atom. The number of aliphatic imine (C=N–C) groups is 1. The average Bonchev–Trinajstić information content (AvgIpc) is 2.40. The Bertz CT molecular complexity index is 492. The first-order valence-corrected chi connectivity index (χ1v) is 9.71. The van der Waals surface area contributed by atoms with Crippen LogP contribution in [0.5, 0.6) is 0 Å². The van der Waals surface area contributed by atoms with Crippen molar-refractivity contribution >= 4 is 39.8 Å². The van der Waals surface area contributed by atoms with Crippen molar-refractivity contribution in [2.75, 3.05) is 45.5 Å². The molecule has 0 unspecified atom stereocenters. The fourth-order valence-electron chi connectivity index (χ4n) is 2.32. The first kappa shape index (κ1) is 22.9. The fraction of sp³-hybridized carbons (Fsp3) is 0.933. The van der Waals surface area contributed by atoms with E-state index in [1.54, 1.807) is 13.8 Å². The molecule has 0 amide bonds. The van der Waals surface area contributed by atoms with Gasteiger partial charge in [0, 0.05) is 32.2 Å². The number of sulfone groups is 1. The molecule has 1 fully saturated rings. The zero-order valence-electron chi connectivity index (χ0n) is 15.3. The molecule has 0 bridgehead atoms. The van der Waals surface area contributed by atoms with Crippen LogP contribution in [-0.2, 0) is 9.84 Å². The van der Waals surface area contributed by atoms with Crippen LogP contribution in [0.25, 0.3) is 0 Å². The van der Waals surface area contributed by atoms with Gasteiger partial charge in [0.05, 0.1) is 17.0 Å². The first-order valence-electron chi connectivity index (χ1n) is 8.06. The normalized spacial score (nSPS) is 20.5. The van der Waals surface area contributed by atoms with E-state index in [2.05, 4.69) is 41.0 Å². The lowest BCUT2D eigenvalue weighted by molar-refractivity contribution is 0.281. The van der Waals surface area contributed by atoms with E-state index in [1.165, 1.54) is 0 Å². The van der Waals surface area contributed by atoms with Crippen molar-refractivity contribution in [3.63, 3.8) is 0 Å². The first-order chi connectivity index (χ1) is 10.1. The van der Waals surface area contributed by atoms with Crippen molar-refractivity contribution in [2.45, 2.75) is 45.4 Å². The van der Waals surface area contributed by atoms with Gasteiger partial charge in [0.25, 0.3) is 0 Å². The van der Waals surface area contributed by atoms with Crippen LogP contribution >= 0.6 is 24.0 Å². The SMILES string of the molecule is CCNC(=NCCN(C)C(C)C)N1CCS(=O)(=O)C(C)(C)C1.I. The van der Waals surface area contributed by atoms with Crippen LogP contribution in [0.1, 0.15) is 34.6 Å². The van der Waals surface area contributed by atoms with Gasteiger partial charge in [-0.05, 0) is 41.7 Å². The summed E-state index contributed by atoms with van der Waals surface area (Å²) in [6.07, 6.45) is 0. The van der Waals surface area contributed by atoms with Gasteiger partial charge in [0.15, 0.2) is 15.8 Å².